The lowest BCUT2D eigenvalue weighted by molar-refractivity contribution is 0.0682. The number of hydrogen-bond donors (Lipinski definition) is 0. The SMILES string of the molecule is CN(CC1(N(C)C)CCC1)c1ccc(C#N)c(F)c1F. The zero-order valence-electron chi connectivity index (χ0n) is 12.1. The van der Waals surface area contributed by atoms with Crippen LogP contribution in [-0.2, 0) is 0 Å². The number of rotatable bonds is 4. The summed E-state index contributed by atoms with van der Waals surface area (Å²) in [4.78, 5) is 3.89. The van der Waals surface area contributed by atoms with E-state index in [1.54, 1.807) is 18.0 Å². The molecule has 0 saturated heterocycles. The lowest BCUT2D eigenvalue weighted by Crippen LogP contribution is -2.56. The van der Waals surface area contributed by atoms with Crippen molar-refractivity contribution in [3.8, 4) is 6.07 Å². The smallest absolute Gasteiger partial charge is 0.183 e. The lowest BCUT2D eigenvalue weighted by atomic mass is 9.75. The second-order valence-electron chi connectivity index (χ2n) is 5.70. The Kier molecular flexibility index (Phi) is 3.96. The molecule has 1 aliphatic carbocycles. The Morgan fingerprint density at radius 2 is 1.85 bits per heavy atom. The Hall–Kier alpha value is -1.67. The molecule has 20 heavy (non-hydrogen) atoms. The van der Waals surface area contributed by atoms with Crippen LogP contribution < -0.4 is 4.90 Å². The van der Waals surface area contributed by atoms with Gasteiger partial charge < -0.3 is 9.80 Å². The summed E-state index contributed by atoms with van der Waals surface area (Å²) in [6.45, 7) is 0.641. The van der Waals surface area contributed by atoms with Gasteiger partial charge in [-0.3, -0.25) is 0 Å². The first-order valence-corrected chi connectivity index (χ1v) is 6.68. The standard InChI is InChI=1S/C15H19F2N3/c1-19(2)15(7-4-8-15)10-20(3)12-6-5-11(9-18)13(16)14(12)17/h5-6H,4,7-8,10H2,1-3H3. The van der Waals surface area contributed by atoms with Crippen LogP contribution in [0.2, 0.25) is 0 Å². The molecule has 1 saturated carbocycles. The average molecular weight is 279 g/mol. The third kappa shape index (κ3) is 2.36. The molecule has 0 heterocycles. The Bertz CT molecular complexity index is 545. The van der Waals surface area contributed by atoms with E-state index in [1.807, 2.05) is 14.1 Å². The summed E-state index contributed by atoms with van der Waals surface area (Å²) in [7, 11) is 5.79. The Labute approximate surface area is 118 Å². The van der Waals surface area contributed by atoms with Crippen LogP contribution in [0.1, 0.15) is 24.8 Å². The molecule has 0 aromatic heterocycles. The molecule has 0 amide bonds. The van der Waals surface area contributed by atoms with Crippen LogP contribution in [0, 0.1) is 23.0 Å². The van der Waals surface area contributed by atoms with Gasteiger partial charge in [-0.25, -0.2) is 8.78 Å². The maximum atomic E-state index is 14.0. The number of likely N-dealkylation sites (N-methyl/N-ethyl adjacent to an activating group) is 2. The Morgan fingerprint density at radius 1 is 1.20 bits per heavy atom. The number of hydrogen-bond acceptors (Lipinski definition) is 3. The third-order valence-corrected chi connectivity index (χ3v) is 4.36. The third-order valence-electron chi connectivity index (χ3n) is 4.36. The molecule has 1 aromatic rings. The minimum Gasteiger partial charge on any atom is -0.370 e. The molecular weight excluding hydrogens is 260 g/mol. The van der Waals surface area contributed by atoms with Crippen molar-refractivity contribution in [2.45, 2.75) is 24.8 Å². The van der Waals surface area contributed by atoms with E-state index < -0.39 is 11.6 Å². The van der Waals surface area contributed by atoms with Gasteiger partial charge in [0.15, 0.2) is 11.6 Å². The van der Waals surface area contributed by atoms with Gasteiger partial charge in [0.2, 0.25) is 0 Å². The second kappa shape index (κ2) is 5.37. The predicted molar refractivity (Wildman–Crippen MR) is 74.6 cm³/mol. The van der Waals surface area contributed by atoms with Gasteiger partial charge in [0.25, 0.3) is 0 Å². The Morgan fingerprint density at radius 3 is 2.30 bits per heavy atom. The van der Waals surface area contributed by atoms with Crippen molar-refractivity contribution in [2.24, 2.45) is 0 Å². The molecule has 3 nitrogen and oxygen atoms in total. The van der Waals surface area contributed by atoms with Crippen molar-refractivity contribution in [3.05, 3.63) is 29.3 Å². The van der Waals surface area contributed by atoms with E-state index in [4.69, 9.17) is 5.26 Å². The van der Waals surface area contributed by atoms with Crippen LogP contribution in [0.25, 0.3) is 0 Å². The fourth-order valence-corrected chi connectivity index (χ4v) is 2.78. The van der Waals surface area contributed by atoms with Gasteiger partial charge >= 0.3 is 0 Å². The van der Waals surface area contributed by atoms with Crippen molar-refractivity contribution in [1.82, 2.24) is 4.90 Å². The quantitative estimate of drug-likeness (QED) is 0.849. The highest BCUT2D eigenvalue weighted by Crippen LogP contribution is 2.38. The minimum atomic E-state index is -1.07. The molecule has 0 spiro atoms. The first kappa shape index (κ1) is 14.7. The molecule has 0 unspecified atom stereocenters. The average Bonchev–Trinajstić information content (AvgIpc) is 2.36. The van der Waals surface area contributed by atoms with Crippen molar-refractivity contribution in [2.75, 3.05) is 32.6 Å². The van der Waals surface area contributed by atoms with Gasteiger partial charge in [0.05, 0.1) is 11.3 Å². The summed E-state index contributed by atoms with van der Waals surface area (Å²) < 4.78 is 27.7. The predicted octanol–water partition coefficient (Wildman–Crippen LogP) is 2.76. The molecule has 0 aliphatic heterocycles. The normalized spacial score (nSPS) is 16.6. The molecule has 0 bridgehead atoms. The van der Waals surface area contributed by atoms with Crippen molar-refractivity contribution in [1.29, 1.82) is 5.26 Å². The lowest BCUT2D eigenvalue weighted by Gasteiger charge is -2.49. The molecular formula is C15H19F2N3. The molecule has 1 aromatic carbocycles. The van der Waals surface area contributed by atoms with Gasteiger partial charge in [-0.2, -0.15) is 5.26 Å². The van der Waals surface area contributed by atoms with Crippen molar-refractivity contribution >= 4 is 5.69 Å². The molecule has 1 fully saturated rings. The highest BCUT2D eigenvalue weighted by molar-refractivity contribution is 5.52. The van der Waals surface area contributed by atoms with E-state index in [2.05, 4.69) is 4.90 Å². The van der Waals surface area contributed by atoms with Gasteiger partial charge in [0, 0.05) is 19.1 Å². The summed E-state index contributed by atoms with van der Waals surface area (Å²) >= 11 is 0. The van der Waals surface area contributed by atoms with E-state index >= 15 is 0 Å². The summed E-state index contributed by atoms with van der Waals surface area (Å²) in [5, 5.41) is 8.70. The van der Waals surface area contributed by atoms with E-state index in [-0.39, 0.29) is 16.8 Å². The van der Waals surface area contributed by atoms with Crippen LogP contribution in [0.4, 0.5) is 14.5 Å². The number of benzene rings is 1. The van der Waals surface area contributed by atoms with Gasteiger partial charge in [-0.05, 0) is 45.5 Å². The summed E-state index contributed by atoms with van der Waals surface area (Å²) in [6, 6.07) is 4.45. The number of nitrogens with zero attached hydrogens (tertiary/aromatic N) is 3. The summed E-state index contributed by atoms with van der Waals surface area (Å²) in [6.07, 6.45) is 3.28. The molecule has 0 radical (unpaired) electrons. The van der Waals surface area contributed by atoms with Crippen molar-refractivity contribution in [3.63, 3.8) is 0 Å². The Balaban J connectivity index is 2.24. The molecule has 2 rings (SSSR count). The molecule has 5 heteroatoms. The maximum absolute atomic E-state index is 14.0. The van der Waals surface area contributed by atoms with Crippen LogP contribution in [0.15, 0.2) is 12.1 Å². The van der Waals surface area contributed by atoms with Gasteiger partial charge in [-0.15, -0.1) is 0 Å². The van der Waals surface area contributed by atoms with E-state index in [9.17, 15) is 8.78 Å². The van der Waals surface area contributed by atoms with Crippen LogP contribution in [0.5, 0.6) is 0 Å². The first-order chi connectivity index (χ1) is 9.41. The van der Waals surface area contributed by atoms with E-state index in [0.29, 0.717) is 6.54 Å². The van der Waals surface area contributed by atoms with Gasteiger partial charge in [-0.1, -0.05) is 0 Å². The highest BCUT2D eigenvalue weighted by atomic mass is 19.2. The number of anilines is 1. The summed E-state index contributed by atoms with van der Waals surface area (Å²) in [5.74, 6) is -2.01. The number of nitriles is 1. The first-order valence-electron chi connectivity index (χ1n) is 6.68. The fourth-order valence-electron chi connectivity index (χ4n) is 2.78. The molecule has 0 N–H and O–H groups in total. The second-order valence-corrected chi connectivity index (χ2v) is 5.70. The molecule has 108 valence electrons. The topological polar surface area (TPSA) is 30.3 Å². The van der Waals surface area contributed by atoms with Crippen LogP contribution in [0.3, 0.4) is 0 Å². The van der Waals surface area contributed by atoms with Gasteiger partial charge in [0.1, 0.15) is 6.07 Å². The van der Waals surface area contributed by atoms with E-state index in [0.717, 1.165) is 19.3 Å². The molecule has 0 atom stereocenters. The van der Waals surface area contributed by atoms with E-state index in [1.165, 1.54) is 12.1 Å². The summed E-state index contributed by atoms with van der Waals surface area (Å²) in [5.41, 5.74) is -0.0220. The zero-order chi connectivity index (χ0) is 14.9. The molecule has 1 aliphatic rings. The van der Waals surface area contributed by atoms with Crippen LogP contribution in [-0.4, -0.2) is 38.1 Å². The number of halogens is 2. The highest BCUT2D eigenvalue weighted by Gasteiger charge is 2.40. The van der Waals surface area contributed by atoms with Crippen molar-refractivity contribution < 1.29 is 8.78 Å². The minimum absolute atomic E-state index is 0.0333. The monoisotopic (exact) mass is 279 g/mol. The largest absolute Gasteiger partial charge is 0.370 e. The zero-order valence-corrected chi connectivity index (χ0v) is 12.1. The van der Waals surface area contributed by atoms with Crippen LogP contribution >= 0.6 is 0 Å². The maximum Gasteiger partial charge on any atom is 0.183 e. The fraction of sp³-hybridized carbons (Fsp3) is 0.533.